The number of aliphatic imine (C=N–C) groups is 1. The zero-order chi connectivity index (χ0) is 35.4. The van der Waals surface area contributed by atoms with Gasteiger partial charge in [-0.1, -0.05) is 0 Å². The minimum Gasteiger partial charge on any atom is -0.475 e. The maximum atomic E-state index is 14.0. The Balaban J connectivity index is 1.02. The molecule has 6 rings (SSSR count). The van der Waals surface area contributed by atoms with Gasteiger partial charge in [0.1, 0.15) is 5.82 Å². The van der Waals surface area contributed by atoms with Crippen molar-refractivity contribution in [1.82, 2.24) is 25.1 Å². The van der Waals surface area contributed by atoms with Crippen LogP contribution in [0.15, 0.2) is 59.9 Å². The predicted molar refractivity (Wildman–Crippen MR) is 195 cm³/mol. The van der Waals surface area contributed by atoms with Crippen molar-refractivity contribution in [3.8, 4) is 5.88 Å². The number of piperazine rings is 1. The number of carbonyl (C=O) groups is 2. The van der Waals surface area contributed by atoms with Gasteiger partial charge in [0.25, 0.3) is 0 Å². The van der Waals surface area contributed by atoms with Crippen LogP contribution in [0.25, 0.3) is 0 Å². The van der Waals surface area contributed by atoms with Crippen LogP contribution in [-0.4, -0.2) is 115 Å². The van der Waals surface area contributed by atoms with E-state index in [-0.39, 0.29) is 36.0 Å². The van der Waals surface area contributed by atoms with E-state index in [1.165, 1.54) is 6.34 Å². The summed E-state index contributed by atoms with van der Waals surface area (Å²) in [6, 6.07) is 12.7. The highest BCUT2D eigenvalue weighted by Crippen LogP contribution is 2.42. The smallest absolute Gasteiger partial charge is 0.236 e. The summed E-state index contributed by atoms with van der Waals surface area (Å²) in [5.74, 6) is 1.57. The summed E-state index contributed by atoms with van der Waals surface area (Å²) < 4.78 is 5.63. The van der Waals surface area contributed by atoms with E-state index in [0.29, 0.717) is 92.6 Å². The van der Waals surface area contributed by atoms with E-state index in [2.05, 4.69) is 30.1 Å². The van der Waals surface area contributed by atoms with E-state index in [4.69, 9.17) is 21.3 Å². The molecule has 0 unspecified atom stereocenters. The normalized spacial score (nSPS) is 19.6. The van der Waals surface area contributed by atoms with Gasteiger partial charge in [-0.15, -0.1) is 0 Å². The van der Waals surface area contributed by atoms with Crippen LogP contribution in [0.5, 0.6) is 5.88 Å². The third-order valence-corrected chi connectivity index (χ3v) is 9.60. The molecule has 3 aromatic rings. The van der Waals surface area contributed by atoms with Crippen LogP contribution in [0.1, 0.15) is 43.4 Å². The number of hydrogen-bond donors (Lipinski definition) is 4. The van der Waals surface area contributed by atoms with Crippen LogP contribution in [0, 0.1) is 16.2 Å². The van der Waals surface area contributed by atoms with Gasteiger partial charge in [-0.2, -0.15) is 0 Å². The molecular weight excluding hydrogens is 634 g/mol. The Kier molecular flexibility index (Phi) is 10.1. The SMILES string of the molecule is CN/C=N\C(=N)c1ccc(N2CCN(C(=O)CN3CC[C@]4(CCN(c5ccc(N)c(C(=N)c6ccc(OC(C)C)nc6)c5)C4=O)C3)CC2)nc1. The van der Waals surface area contributed by atoms with Crippen LogP contribution in [-0.2, 0) is 9.59 Å². The number of ether oxygens (including phenoxy) is 1. The van der Waals surface area contributed by atoms with Crippen molar-refractivity contribution in [3.05, 3.63) is 71.5 Å². The molecule has 3 fully saturated rings. The first-order valence-corrected chi connectivity index (χ1v) is 17.0. The van der Waals surface area contributed by atoms with Crippen LogP contribution in [0.3, 0.4) is 0 Å². The van der Waals surface area contributed by atoms with Crippen molar-refractivity contribution in [3.63, 3.8) is 0 Å². The van der Waals surface area contributed by atoms with Gasteiger partial charge >= 0.3 is 0 Å². The lowest BCUT2D eigenvalue weighted by Crippen LogP contribution is -2.51. The number of nitrogens with zero attached hydrogens (tertiary/aromatic N) is 7. The highest BCUT2D eigenvalue weighted by atomic mass is 16.5. The number of pyridine rings is 2. The number of anilines is 3. The number of nitrogens with two attached hydrogens (primary N) is 1. The van der Waals surface area contributed by atoms with E-state index in [1.54, 1.807) is 42.5 Å². The molecule has 262 valence electrons. The molecule has 1 spiro atoms. The fraction of sp³-hybridized carbons (Fsp3) is 0.417. The van der Waals surface area contributed by atoms with Crippen LogP contribution in [0.4, 0.5) is 17.2 Å². The molecular formula is C36H45N11O3. The molecule has 3 aliphatic heterocycles. The van der Waals surface area contributed by atoms with Gasteiger partial charge in [-0.3, -0.25) is 25.3 Å². The minimum absolute atomic E-state index is 0.00272. The second kappa shape index (κ2) is 14.6. The maximum Gasteiger partial charge on any atom is 0.236 e. The van der Waals surface area contributed by atoms with Crippen LogP contribution >= 0.6 is 0 Å². The minimum atomic E-state index is -0.531. The maximum absolute atomic E-state index is 14.0. The highest BCUT2D eigenvalue weighted by molar-refractivity contribution is 6.14. The van der Waals surface area contributed by atoms with Crippen molar-refractivity contribution in [2.45, 2.75) is 32.8 Å². The number of nitrogens with one attached hydrogen (secondary N) is 3. The Morgan fingerprint density at radius 1 is 1.02 bits per heavy atom. The summed E-state index contributed by atoms with van der Waals surface area (Å²) >= 11 is 0. The van der Waals surface area contributed by atoms with Crippen molar-refractivity contribution in [2.24, 2.45) is 10.4 Å². The van der Waals surface area contributed by atoms with Crippen molar-refractivity contribution in [1.29, 1.82) is 10.8 Å². The van der Waals surface area contributed by atoms with Gasteiger partial charge in [-0.25, -0.2) is 15.0 Å². The topological polar surface area (TPSA) is 180 Å². The van der Waals surface area contributed by atoms with Gasteiger partial charge in [0.15, 0.2) is 5.84 Å². The van der Waals surface area contributed by atoms with Gasteiger partial charge in [0, 0.05) is 92.8 Å². The van der Waals surface area contributed by atoms with Crippen molar-refractivity contribution < 1.29 is 14.3 Å². The number of aromatic nitrogens is 2. The first-order chi connectivity index (χ1) is 24.1. The predicted octanol–water partition coefficient (Wildman–Crippen LogP) is 2.61. The molecule has 0 bridgehead atoms. The zero-order valence-electron chi connectivity index (χ0n) is 28.9. The number of likely N-dealkylation sites (tertiary alicyclic amines) is 1. The Labute approximate surface area is 292 Å². The molecule has 1 aromatic carbocycles. The monoisotopic (exact) mass is 679 g/mol. The average molecular weight is 680 g/mol. The number of carbonyl (C=O) groups excluding carboxylic acids is 2. The second-order valence-corrected chi connectivity index (χ2v) is 13.3. The fourth-order valence-electron chi connectivity index (χ4n) is 6.86. The van der Waals surface area contributed by atoms with E-state index >= 15 is 0 Å². The fourth-order valence-corrected chi connectivity index (χ4v) is 6.86. The number of amidine groups is 1. The lowest BCUT2D eigenvalue weighted by molar-refractivity contribution is -0.133. The standard InChI is InChI=1S/C36H45N11O3/c1-24(2)50-31-9-5-25(19-42-31)33(38)28-18-27(6-7-29(28)37)47-13-11-36(35(47)49)10-12-44(22-36)21-32(48)46-16-14-45(15-17-46)30-8-4-26(20-41-30)34(39)43-23-40-3/h4-9,18-20,23-24,38H,10-17,21-22,37H2,1-3H3,(H2,39,40,43)/t36-/m0/s1. The number of benzene rings is 1. The van der Waals surface area contributed by atoms with Gasteiger partial charge in [0.2, 0.25) is 17.7 Å². The first kappa shape index (κ1) is 34.5. The molecule has 1 atom stereocenters. The van der Waals surface area contributed by atoms with E-state index in [1.807, 2.05) is 43.0 Å². The highest BCUT2D eigenvalue weighted by Gasteiger charge is 2.51. The molecule has 50 heavy (non-hydrogen) atoms. The van der Waals surface area contributed by atoms with Crippen molar-refractivity contribution >= 4 is 46.9 Å². The van der Waals surface area contributed by atoms with Gasteiger partial charge in [-0.05, 0) is 69.6 Å². The summed E-state index contributed by atoms with van der Waals surface area (Å²) in [7, 11) is 1.73. The molecule has 14 nitrogen and oxygen atoms in total. The average Bonchev–Trinajstić information content (AvgIpc) is 3.68. The lowest BCUT2D eigenvalue weighted by atomic mass is 9.85. The molecule has 0 saturated carbocycles. The molecule has 2 aromatic heterocycles. The third-order valence-electron chi connectivity index (χ3n) is 9.60. The Morgan fingerprint density at radius 2 is 1.76 bits per heavy atom. The van der Waals surface area contributed by atoms with Crippen molar-refractivity contribution in [2.75, 3.05) is 74.9 Å². The largest absolute Gasteiger partial charge is 0.475 e. The third kappa shape index (κ3) is 7.30. The lowest BCUT2D eigenvalue weighted by Gasteiger charge is -2.36. The van der Waals surface area contributed by atoms with E-state index < -0.39 is 5.41 Å². The van der Waals surface area contributed by atoms with Crippen LogP contribution < -0.4 is 25.6 Å². The van der Waals surface area contributed by atoms with Gasteiger partial charge in [0.05, 0.1) is 30.1 Å². The molecule has 3 aliphatic rings. The molecule has 3 saturated heterocycles. The summed E-state index contributed by atoms with van der Waals surface area (Å²) in [6.45, 7) is 8.48. The Morgan fingerprint density at radius 3 is 2.44 bits per heavy atom. The van der Waals surface area contributed by atoms with E-state index in [9.17, 15) is 9.59 Å². The zero-order valence-corrected chi connectivity index (χ0v) is 28.9. The number of hydrogen-bond acceptors (Lipinski definition) is 10. The number of nitrogen functional groups attached to an aromatic ring is 1. The Hall–Kier alpha value is -5.37. The molecule has 5 N–H and O–H groups in total. The quantitative estimate of drug-likeness (QED) is 0.142. The molecule has 14 heteroatoms. The molecule has 5 heterocycles. The Bertz CT molecular complexity index is 1770. The molecule has 0 aliphatic carbocycles. The van der Waals surface area contributed by atoms with E-state index in [0.717, 1.165) is 5.82 Å². The first-order valence-electron chi connectivity index (χ1n) is 17.0. The number of rotatable bonds is 10. The van der Waals surface area contributed by atoms with Crippen LogP contribution in [0.2, 0.25) is 0 Å². The van der Waals surface area contributed by atoms with Gasteiger partial charge < -0.3 is 30.5 Å². The second-order valence-electron chi connectivity index (χ2n) is 13.3. The number of amides is 2. The summed E-state index contributed by atoms with van der Waals surface area (Å²) in [4.78, 5) is 48.1. The summed E-state index contributed by atoms with van der Waals surface area (Å²) in [5, 5.41) is 19.6. The summed E-state index contributed by atoms with van der Waals surface area (Å²) in [6.07, 6.45) is 6.12. The summed E-state index contributed by atoms with van der Waals surface area (Å²) in [5.41, 5.74) is 8.95. The molecule has 0 radical (unpaired) electrons. The molecule has 2 amide bonds.